The third-order valence-corrected chi connectivity index (χ3v) is 7.10. The Hall–Kier alpha value is -1.30. The first-order chi connectivity index (χ1) is 17.2. The quantitative estimate of drug-likeness (QED) is 0.132. The Labute approximate surface area is 222 Å². The van der Waals surface area contributed by atoms with E-state index in [9.17, 15) is 9.59 Å². The molecule has 1 aliphatic rings. The highest BCUT2D eigenvalue weighted by atomic mass is 16.6. The Balaban J connectivity index is 2.11. The molecule has 0 aliphatic carbocycles. The second-order valence-electron chi connectivity index (χ2n) is 11.7. The molecule has 36 heavy (non-hydrogen) atoms. The third-order valence-electron chi connectivity index (χ3n) is 7.10. The van der Waals surface area contributed by atoms with Crippen LogP contribution in [0, 0.1) is 5.92 Å². The number of piperazine rings is 1. The fourth-order valence-electron chi connectivity index (χ4n) is 4.83. The molecule has 6 heteroatoms. The fraction of sp³-hybridized carbons (Fsp3) is 0.933. The van der Waals surface area contributed by atoms with E-state index in [2.05, 4.69) is 18.7 Å². The summed E-state index contributed by atoms with van der Waals surface area (Å²) in [6.07, 6.45) is 17.5. The van der Waals surface area contributed by atoms with E-state index in [1.54, 1.807) is 4.90 Å². The predicted octanol–water partition coefficient (Wildman–Crippen LogP) is 7.59. The van der Waals surface area contributed by atoms with Crippen molar-refractivity contribution in [2.45, 2.75) is 137 Å². The molecule has 212 valence electrons. The SMILES string of the molecule is CCCCCCC(CCCCCC)CCOC(=O)CCCCCN1CCN(C(=O)OC(C)(C)C)CC1. The summed E-state index contributed by atoms with van der Waals surface area (Å²) in [5.41, 5.74) is -0.445. The van der Waals surface area contributed by atoms with E-state index in [4.69, 9.17) is 9.47 Å². The molecule has 1 fully saturated rings. The minimum absolute atomic E-state index is 0.0308. The van der Waals surface area contributed by atoms with Crippen molar-refractivity contribution in [3.63, 3.8) is 0 Å². The number of ether oxygens (including phenoxy) is 2. The van der Waals surface area contributed by atoms with Gasteiger partial charge in [-0.3, -0.25) is 9.69 Å². The molecule has 0 N–H and O–H groups in total. The monoisotopic (exact) mass is 510 g/mol. The van der Waals surface area contributed by atoms with E-state index in [0.717, 1.165) is 58.4 Å². The summed E-state index contributed by atoms with van der Waals surface area (Å²) < 4.78 is 11.1. The van der Waals surface area contributed by atoms with Crippen LogP contribution >= 0.6 is 0 Å². The van der Waals surface area contributed by atoms with Crippen LogP contribution in [-0.2, 0) is 14.3 Å². The molecule has 0 atom stereocenters. The molecule has 1 aliphatic heterocycles. The number of carbonyl (C=O) groups excluding carboxylic acids is 2. The molecule has 0 unspecified atom stereocenters. The normalized spacial score (nSPS) is 14.9. The van der Waals surface area contributed by atoms with Gasteiger partial charge in [-0.15, -0.1) is 0 Å². The average Bonchev–Trinajstić information content (AvgIpc) is 2.83. The highest BCUT2D eigenvalue weighted by Crippen LogP contribution is 2.22. The molecule has 0 aromatic rings. The van der Waals surface area contributed by atoms with Gasteiger partial charge in [-0.25, -0.2) is 4.79 Å². The minimum atomic E-state index is -0.445. The number of nitrogens with zero attached hydrogens (tertiary/aromatic N) is 2. The molecule has 0 aromatic heterocycles. The Bertz CT molecular complexity index is 556. The van der Waals surface area contributed by atoms with Crippen LogP contribution in [0.1, 0.15) is 131 Å². The van der Waals surface area contributed by atoms with Crippen LogP contribution < -0.4 is 0 Å². The summed E-state index contributed by atoms with van der Waals surface area (Å²) in [6, 6.07) is 0. The van der Waals surface area contributed by atoms with E-state index in [-0.39, 0.29) is 12.1 Å². The standard InChI is InChI=1S/C30H58N2O4/c1-6-8-10-13-17-27(18-14-11-9-7-2)20-26-35-28(33)19-15-12-16-21-31-22-24-32(25-23-31)29(34)36-30(3,4)5/h27H,6-26H2,1-5H3. The van der Waals surface area contributed by atoms with Crippen molar-refractivity contribution in [3.05, 3.63) is 0 Å². The number of esters is 1. The second kappa shape index (κ2) is 19.8. The van der Waals surface area contributed by atoms with Crippen LogP contribution in [0.15, 0.2) is 0 Å². The Morgan fingerprint density at radius 2 is 1.33 bits per heavy atom. The largest absolute Gasteiger partial charge is 0.466 e. The van der Waals surface area contributed by atoms with Gasteiger partial charge >= 0.3 is 12.1 Å². The van der Waals surface area contributed by atoms with Crippen molar-refractivity contribution in [2.24, 2.45) is 5.92 Å². The minimum Gasteiger partial charge on any atom is -0.466 e. The summed E-state index contributed by atoms with van der Waals surface area (Å²) in [5, 5.41) is 0. The van der Waals surface area contributed by atoms with Crippen LogP contribution in [0.25, 0.3) is 0 Å². The zero-order chi connectivity index (χ0) is 26.7. The molecular weight excluding hydrogens is 452 g/mol. The van der Waals surface area contributed by atoms with Gasteiger partial charge in [0.05, 0.1) is 6.61 Å². The van der Waals surface area contributed by atoms with Crippen molar-refractivity contribution in [3.8, 4) is 0 Å². The first-order valence-corrected chi connectivity index (χ1v) is 15.1. The van der Waals surface area contributed by atoms with Crippen molar-refractivity contribution >= 4 is 12.1 Å². The van der Waals surface area contributed by atoms with Crippen LogP contribution in [0.3, 0.4) is 0 Å². The lowest BCUT2D eigenvalue weighted by Crippen LogP contribution is -2.50. The summed E-state index contributed by atoms with van der Waals surface area (Å²) in [5.74, 6) is 0.680. The number of hydrogen-bond donors (Lipinski definition) is 0. The topological polar surface area (TPSA) is 59.1 Å². The Morgan fingerprint density at radius 1 is 0.750 bits per heavy atom. The maximum Gasteiger partial charge on any atom is 0.410 e. The van der Waals surface area contributed by atoms with Crippen molar-refractivity contribution < 1.29 is 19.1 Å². The Morgan fingerprint density at radius 3 is 1.89 bits per heavy atom. The van der Waals surface area contributed by atoms with E-state index in [0.29, 0.717) is 18.9 Å². The van der Waals surface area contributed by atoms with Gasteiger partial charge in [0.2, 0.25) is 0 Å². The molecule has 0 radical (unpaired) electrons. The molecule has 1 amide bonds. The zero-order valence-electron chi connectivity index (χ0n) is 24.5. The summed E-state index contributed by atoms with van der Waals surface area (Å²) in [4.78, 5) is 28.6. The summed E-state index contributed by atoms with van der Waals surface area (Å²) in [6.45, 7) is 15.1. The first-order valence-electron chi connectivity index (χ1n) is 15.1. The average molecular weight is 511 g/mol. The van der Waals surface area contributed by atoms with Gasteiger partial charge in [0.25, 0.3) is 0 Å². The fourth-order valence-corrected chi connectivity index (χ4v) is 4.83. The first kappa shape index (κ1) is 32.7. The van der Waals surface area contributed by atoms with Crippen molar-refractivity contribution in [1.29, 1.82) is 0 Å². The molecule has 1 saturated heterocycles. The number of rotatable bonds is 19. The van der Waals surface area contributed by atoms with Gasteiger partial charge in [-0.05, 0) is 52.5 Å². The van der Waals surface area contributed by atoms with Gasteiger partial charge in [0, 0.05) is 32.6 Å². The lowest BCUT2D eigenvalue weighted by molar-refractivity contribution is -0.144. The lowest BCUT2D eigenvalue weighted by Gasteiger charge is -2.35. The molecule has 1 heterocycles. The summed E-state index contributed by atoms with van der Waals surface area (Å²) >= 11 is 0. The lowest BCUT2D eigenvalue weighted by atomic mass is 9.92. The molecule has 0 aromatic carbocycles. The maximum absolute atomic E-state index is 12.2. The predicted molar refractivity (Wildman–Crippen MR) is 149 cm³/mol. The maximum atomic E-state index is 12.2. The van der Waals surface area contributed by atoms with E-state index in [1.807, 2.05) is 20.8 Å². The highest BCUT2D eigenvalue weighted by Gasteiger charge is 2.25. The number of hydrogen-bond acceptors (Lipinski definition) is 5. The van der Waals surface area contributed by atoms with Crippen LogP contribution in [-0.4, -0.2) is 66.8 Å². The number of unbranched alkanes of at least 4 members (excludes halogenated alkanes) is 8. The number of carbonyl (C=O) groups is 2. The molecular formula is C30H58N2O4. The molecule has 6 nitrogen and oxygen atoms in total. The molecule has 0 saturated carbocycles. The molecule has 0 bridgehead atoms. The van der Waals surface area contributed by atoms with Crippen LogP contribution in [0.5, 0.6) is 0 Å². The Kier molecular flexibility index (Phi) is 18.0. The number of amides is 1. The van der Waals surface area contributed by atoms with Gasteiger partial charge in [-0.2, -0.15) is 0 Å². The van der Waals surface area contributed by atoms with Gasteiger partial charge < -0.3 is 14.4 Å². The van der Waals surface area contributed by atoms with E-state index < -0.39 is 5.60 Å². The molecule has 1 rings (SSSR count). The third kappa shape index (κ3) is 17.2. The van der Waals surface area contributed by atoms with E-state index >= 15 is 0 Å². The van der Waals surface area contributed by atoms with Gasteiger partial charge in [0.1, 0.15) is 5.60 Å². The molecule has 0 spiro atoms. The van der Waals surface area contributed by atoms with Crippen molar-refractivity contribution in [1.82, 2.24) is 9.80 Å². The highest BCUT2D eigenvalue weighted by molar-refractivity contribution is 5.69. The van der Waals surface area contributed by atoms with Crippen LogP contribution in [0.2, 0.25) is 0 Å². The van der Waals surface area contributed by atoms with Gasteiger partial charge in [0.15, 0.2) is 0 Å². The smallest absolute Gasteiger partial charge is 0.410 e. The van der Waals surface area contributed by atoms with Crippen LogP contribution in [0.4, 0.5) is 4.79 Å². The van der Waals surface area contributed by atoms with Gasteiger partial charge in [-0.1, -0.05) is 84.5 Å². The zero-order valence-corrected chi connectivity index (χ0v) is 24.5. The van der Waals surface area contributed by atoms with E-state index in [1.165, 1.54) is 64.2 Å². The second-order valence-corrected chi connectivity index (χ2v) is 11.7. The summed E-state index contributed by atoms with van der Waals surface area (Å²) in [7, 11) is 0. The van der Waals surface area contributed by atoms with Crippen molar-refractivity contribution in [2.75, 3.05) is 39.3 Å².